The summed E-state index contributed by atoms with van der Waals surface area (Å²) in [6, 6.07) is 6.71. The van der Waals surface area contributed by atoms with Crippen molar-refractivity contribution < 1.29 is 13.6 Å². The standard InChI is InChI=1S/C21H17F2N5O2/c1-10(15-6-4-12(9-24)27-28-15)25-17(29)8-13-18(11-2-3-11)19-16(26-21(13)30)7-5-14(22)20(19)23/h4-7,10-11H,2-3,8H2,1H3,(H,25,29)(H,26,30)/t10-/m0/s1. The van der Waals surface area contributed by atoms with Gasteiger partial charge in [-0.2, -0.15) is 10.4 Å². The van der Waals surface area contributed by atoms with Crippen LogP contribution in [0.2, 0.25) is 0 Å². The number of benzene rings is 1. The Labute approximate surface area is 169 Å². The van der Waals surface area contributed by atoms with Crippen LogP contribution in [0.15, 0.2) is 29.1 Å². The lowest BCUT2D eigenvalue weighted by Gasteiger charge is -2.15. The van der Waals surface area contributed by atoms with Crippen molar-refractivity contribution in [1.82, 2.24) is 20.5 Å². The zero-order chi connectivity index (χ0) is 21.4. The third-order valence-corrected chi connectivity index (χ3v) is 5.16. The number of aromatic nitrogens is 3. The fraction of sp³-hybridized carbons (Fsp3) is 0.286. The van der Waals surface area contributed by atoms with Gasteiger partial charge >= 0.3 is 0 Å². The van der Waals surface area contributed by atoms with Crippen LogP contribution < -0.4 is 10.9 Å². The molecule has 7 nitrogen and oxygen atoms in total. The summed E-state index contributed by atoms with van der Waals surface area (Å²) in [5.41, 5.74) is 0.882. The molecule has 4 rings (SSSR count). The van der Waals surface area contributed by atoms with Gasteiger partial charge in [0, 0.05) is 10.9 Å². The summed E-state index contributed by atoms with van der Waals surface area (Å²) < 4.78 is 28.4. The topological polar surface area (TPSA) is 112 Å². The van der Waals surface area contributed by atoms with Gasteiger partial charge in [0.1, 0.15) is 6.07 Å². The van der Waals surface area contributed by atoms with Crippen LogP contribution in [0.4, 0.5) is 8.78 Å². The summed E-state index contributed by atoms with van der Waals surface area (Å²) >= 11 is 0. The fourth-order valence-electron chi connectivity index (χ4n) is 3.55. The lowest BCUT2D eigenvalue weighted by molar-refractivity contribution is -0.121. The van der Waals surface area contributed by atoms with Crippen molar-refractivity contribution >= 4 is 16.8 Å². The normalized spacial score (nSPS) is 14.3. The quantitative estimate of drug-likeness (QED) is 0.673. The number of halogens is 2. The van der Waals surface area contributed by atoms with Crippen LogP contribution in [0.1, 0.15) is 54.2 Å². The molecule has 1 fully saturated rings. The van der Waals surface area contributed by atoms with E-state index in [1.165, 1.54) is 12.1 Å². The molecule has 3 aromatic rings. The number of hydrogen-bond acceptors (Lipinski definition) is 5. The first kappa shape index (κ1) is 19.6. The highest BCUT2D eigenvalue weighted by atomic mass is 19.2. The number of carbonyl (C=O) groups is 1. The van der Waals surface area contributed by atoms with E-state index in [9.17, 15) is 18.4 Å². The van der Waals surface area contributed by atoms with Crippen LogP contribution in [0, 0.1) is 23.0 Å². The minimum Gasteiger partial charge on any atom is -0.348 e. The molecule has 2 heterocycles. The summed E-state index contributed by atoms with van der Waals surface area (Å²) in [6.07, 6.45) is 1.22. The van der Waals surface area contributed by atoms with Gasteiger partial charge in [0.05, 0.1) is 23.7 Å². The summed E-state index contributed by atoms with van der Waals surface area (Å²) in [5, 5.41) is 19.2. The van der Waals surface area contributed by atoms with E-state index in [0.29, 0.717) is 11.3 Å². The Balaban J connectivity index is 1.64. The van der Waals surface area contributed by atoms with Gasteiger partial charge < -0.3 is 10.3 Å². The van der Waals surface area contributed by atoms with E-state index in [2.05, 4.69) is 20.5 Å². The molecule has 1 saturated carbocycles. The Morgan fingerprint density at radius 2 is 2.07 bits per heavy atom. The molecule has 0 unspecified atom stereocenters. The molecule has 2 aromatic heterocycles. The minimum absolute atomic E-state index is 0.0332. The third-order valence-electron chi connectivity index (χ3n) is 5.16. The van der Waals surface area contributed by atoms with Crippen molar-refractivity contribution in [2.45, 2.75) is 38.1 Å². The molecule has 1 aliphatic carbocycles. The molecular formula is C21H17F2N5O2. The number of amides is 1. The zero-order valence-corrected chi connectivity index (χ0v) is 16.0. The van der Waals surface area contributed by atoms with Gasteiger partial charge in [-0.1, -0.05) is 0 Å². The molecule has 1 amide bonds. The highest BCUT2D eigenvalue weighted by Crippen LogP contribution is 2.44. The number of rotatable bonds is 5. The van der Waals surface area contributed by atoms with Gasteiger partial charge in [0.25, 0.3) is 5.56 Å². The predicted molar refractivity (Wildman–Crippen MR) is 103 cm³/mol. The molecule has 0 spiro atoms. The average Bonchev–Trinajstić information content (AvgIpc) is 3.57. The van der Waals surface area contributed by atoms with E-state index < -0.39 is 29.1 Å². The van der Waals surface area contributed by atoms with Crippen molar-refractivity contribution in [3.63, 3.8) is 0 Å². The number of carbonyl (C=O) groups excluding carboxylic acids is 1. The first-order valence-electron chi connectivity index (χ1n) is 9.45. The van der Waals surface area contributed by atoms with E-state index in [4.69, 9.17) is 5.26 Å². The minimum atomic E-state index is -1.02. The van der Waals surface area contributed by atoms with Gasteiger partial charge in [-0.3, -0.25) is 9.59 Å². The number of fused-ring (bicyclic) bond motifs is 1. The lowest BCUT2D eigenvalue weighted by atomic mass is 9.96. The predicted octanol–water partition coefficient (Wildman–Crippen LogP) is 2.77. The molecule has 9 heteroatoms. The maximum absolute atomic E-state index is 14.6. The molecule has 0 aliphatic heterocycles. The maximum Gasteiger partial charge on any atom is 0.252 e. The number of nitrogens with one attached hydrogen (secondary N) is 2. The van der Waals surface area contributed by atoms with Crippen LogP contribution in [0.25, 0.3) is 10.9 Å². The van der Waals surface area contributed by atoms with Crippen molar-refractivity contribution in [2.24, 2.45) is 0 Å². The number of pyridine rings is 1. The SMILES string of the molecule is C[C@H](NC(=O)Cc1c(C2CC2)c2c(F)c(F)ccc2[nH]c1=O)c1ccc(C#N)nn1. The summed E-state index contributed by atoms with van der Waals surface area (Å²) in [6.45, 7) is 1.69. The Morgan fingerprint density at radius 1 is 1.30 bits per heavy atom. The van der Waals surface area contributed by atoms with Crippen LogP contribution in [-0.4, -0.2) is 21.1 Å². The lowest BCUT2D eigenvalue weighted by Crippen LogP contribution is -2.31. The second kappa shape index (κ2) is 7.63. The Morgan fingerprint density at radius 3 is 2.70 bits per heavy atom. The number of H-pyrrole nitrogens is 1. The van der Waals surface area contributed by atoms with E-state index in [1.807, 2.05) is 6.07 Å². The van der Waals surface area contributed by atoms with Gasteiger partial charge in [0.2, 0.25) is 5.91 Å². The summed E-state index contributed by atoms with van der Waals surface area (Å²) in [5.74, 6) is -2.55. The fourth-order valence-corrected chi connectivity index (χ4v) is 3.55. The number of hydrogen-bond donors (Lipinski definition) is 2. The molecule has 1 atom stereocenters. The zero-order valence-electron chi connectivity index (χ0n) is 16.0. The van der Waals surface area contributed by atoms with Crippen molar-refractivity contribution in [3.8, 4) is 6.07 Å². The second-order valence-electron chi connectivity index (χ2n) is 7.33. The third kappa shape index (κ3) is 3.64. The molecule has 1 aromatic carbocycles. The molecule has 2 N–H and O–H groups in total. The Bertz CT molecular complexity index is 1240. The largest absolute Gasteiger partial charge is 0.348 e. The smallest absolute Gasteiger partial charge is 0.252 e. The first-order chi connectivity index (χ1) is 14.4. The van der Waals surface area contributed by atoms with E-state index >= 15 is 0 Å². The molecular weight excluding hydrogens is 392 g/mol. The van der Waals surface area contributed by atoms with Gasteiger partial charge in [-0.25, -0.2) is 8.78 Å². The van der Waals surface area contributed by atoms with E-state index in [-0.39, 0.29) is 34.5 Å². The molecule has 0 radical (unpaired) electrons. The molecule has 0 saturated heterocycles. The molecule has 152 valence electrons. The van der Waals surface area contributed by atoms with Crippen LogP contribution >= 0.6 is 0 Å². The van der Waals surface area contributed by atoms with E-state index in [0.717, 1.165) is 18.9 Å². The maximum atomic E-state index is 14.6. The van der Waals surface area contributed by atoms with Crippen molar-refractivity contribution in [2.75, 3.05) is 0 Å². The van der Waals surface area contributed by atoms with Crippen molar-refractivity contribution in [3.05, 3.63) is 68.8 Å². The van der Waals surface area contributed by atoms with E-state index in [1.54, 1.807) is 13.0 Å². The number of aromatic amines is 1. The van der Waals surface area contributed by atoms with Gasteiger partial charge in [0.15, 0.2) is 17.3 Å². The summed E-state index contributed by atoms with van der Waals surface area (Å²) in [7, 11) is 0. The molecule has 0 bridgehead atoms. The van der Waals surface area contributed by atoms with Crippen LogP contribution in [0.5, 0.6) is 0 Å². The molecule has 30 heavy (non-hydrogen) atoms. The molecule has 1 aliphatic rings. The average molecular weight is 409 g/mol. The van der Waals surface area contributed by atoms with Crippen molar-refractivity contribution in [1.29, 1.82) is 5.26 Å². The van der Waals surface area contributed by atoms with Gasteiger partial charge in [-0.15, -0.1) is 5.10 Å². The number of nitriles is 1. The summed E-state index contributed by atoms with van der Waals surface area (Å²) in [4.78, 5) is 27.8. The van der Waals surface area contributed by atoms with Gasteiger partial charge in [-0.05, 0) is 55.5 Å². The second-order valence-corrected chi connectivity index (χ2v) is 7.33. The highest BCUT2D eigenvalue weighted by molar-refractivity contribution is 5.87. The number of nitrogens with zero attached hydrogens (tertiary/aromatic N) is 3. The first-order valence-corrected chi connectivity index (χ1v) is 9.45. The highest BCUT2D eigenvalue weighted by Gasteiger charge is 2.32. The van der Waals surface area contributed by atoms with Crippen LogP contribution in [0.3, 0.4) is 0 Å². The monoisotopic (exact) mass is 409 g/mol. The Kier molecular flexibility index (Phi) is 4.99. The van der Waals surface area contributed by atoms with Crippen LogP contribution in [-0.2, 0) is 11.2 Å². The Hall–Kier alpha value is -3.67.